The summed E-state index contributed by atoms with van der Waals surface area (Å²) in [5.74, 6) is -0.190. The number of likely N-dealkylation sites (N-methyl/N-ethyl adjacent to an activating group) is 1. The molecule has 0 saturated heterocycles. The van der Waals surface area contributed by atoms with Crippen LogP contribution in [0.1, 0.15) is 20.8 Å². The number of benzene rings is 1. The third-order valence-corrected chi connectivity index (χ3v) is 2.72. The van der Waals surface area contributed by atoms with Gasteiger partial charge in [-0.25, -0.2) is 4.39 Å². The summed E-state index contributed by atoms with van der Waals surface area (Å²) in [5.41, 5.74) is 1.04. The van der Waals surface area contributed by atoms with Crippen LogP contribution < -0.4 is 10.2 Å². The highest BCUT2D eigenvalue weighted by molar-refractivity contribution is 5.46. The maximum atomic E-state index is 12.8. The van der Waals surface area contributed by atoms with Gasteiger partial charge in [-0.2, -0.15) is 0 Å². The maximum absolute atomic E-state index is 12.8. The maximum Gasteiger partial charge on any atom is 0.123 e. The Kier molecular flexibility index (Phi) is 4.74. The summed E-state index contributed by atoms with van der Waals surface area (Å²) >= 11 is 0. The van der Waals surface area contributed by atoms with Crippen molar-refractivity contribution in [1.82, 2.24) is 5.32 Å². The van der Waals surface area contributed by atoms with Crippen LogP contribution in [0.3, 0.4) is 0 Å². The Labute approximate surface area is 97.5 Å². The lowest BCUT2D eigenvalue weighted by molar-refractivity contribution is 0.531. The lowest BCUT2D eigenvalue weighted by Crippen LogP contribution is -2.40. The first-order chi connectivity index (χ1) is 7.50. The van der Waals surface area contributed by atoms with Gasteiger partial charge in [-0.05, 0) is 31.2 Å². The summed E-state index contributed by atoms with van der Waals surface area (Å²) in [5, 5.41) is 3.39. The molecule has 2 nitrogen and oxygen atoms in total. The van der Waals surface area contributed by atoms with Crippen LogP contribution in [0.2, 0.25) is 0 Å². The molecule has 0 bridgehead atoms. The number of hydrogen-bond acceptors (Lipinski definition) is 2. The molecule has 0 fully saturated rings. The molecule has 1 aromatic carbocycles. The number of anilines is 1. The molecule has 1 unspecified atom stereocenters. The average Bonchev–Trinajstić information content (AvgIpc) is 2.26. The Morgan fingerprint density at radius 3 is 2.25 bits per heavy atom. The number of halogens is 1. The summed E-state index contributed by atoms with van der Waals surface area (Å²) in [6, 6.07) is 7.47. The van der Waals surface area contributed by atoms with E-state index >= 15 is 0 Å². The smallest absolute Gasteiger partial charge is 0.123 e. The van der Waals surface area contributed by atoms with Gasteiger partial charge < -0.3 is 10.2 Å². The second-order valence-corrected chi connectivity index (χ2v) is 4.50. The van der Waals surface area contributed by atoms with Gasteiger partial charge in [0.25, 0.3) is 0 Å². The van der Waals surface area contributed by atoms with Crippen LogP contribution in [-0.4, -0.2) is 25.7 Å². The van der Waals surface area contributed by atoms with Crippen LogP contribution in [0.4, 0.5) is 10.1 Å². The molecule has 0 heterocycles. The van der Waals surface area contributed by atoms with E-state index in [1.807, 2.05) is 7.05 Å². The molecule has 0 spiro atoms. The van der Waals surface area contributed by atoms with Crippen LogP contribution in [0, 0.1) is 5.82 Å². The van der Waals surface area contributed by atoms with E-state index < -0.39 is 0 Å². The molecule has 3 heteroatoms. The highest BCUT2D eigenvalue weighted by Gasteiger charge is 2.09. The minimum Gasteiger partial charge on any atom is -0.371 e. The minimum absolute atomic E-state index is 0.190. The molecule has 1 aromatic rings. The monoisotopic (exact) mass is 224 g/mol. The molecular weight excluding hydrogens is 203 g/mol. The Hall–Kier alpha value is -1.09. The molecule has 1 N–H and O–H groups in total. The molecule has 0 aliphatic rings. The Bertz CT molecular complexity index is 308. The van der Waals surface area contributed by atoms with Gasteiger partial charge in [0, 0.05) is 31.4 Å². The van der Waals surface area contributed by atoms with Gasteiger partial charge in [-0.1, -0.05) is 13.8 Å². The molecular formula is C13H21FN2. The van der Waals surface area contributed by atoms with Gasteiger partial charge >= 0.3 is 0 Å². The quantitative estimate of drug-likeness (QED) is 0.827. The van der Waals surface area contributed by atoms with E-state index in [0.717, 1.165) is 12.2 Å². The van der Waals surface area contributed by atoms with E-state index in [-0.39, 0.29) is 5.82 Å². The molecule has 0 aliphatic carbocycles. The fraction of sp³-hybridized carbons (Fsp3) is 0.538. The zero-order valence-corrected chi connectivity index (χ0v) is 10.5. The normalized spacial score (nSPS) is 12.9. The Morgan fingerprint density at radius 2 is 1.75 bits per heavy atom. The molecule has 16 heavy (non-hydrogen) atoms. The predicted molar refractivity (Wildman–Crippen MR) is 67.4 cm³/mol. The van der Waals surface area contributed by atoms with Crippen molar-refractivity contribution in [3.05, 3.63) is 30.1 Å². The van der Waals surface area contributed by atoms with Gasteiger partial charge in [-0.15, -0.1) is 0 Å². The number of hydrogen-bond donors (Lipinski definition) is 1. The lowest BCUT2D eigenvalue weighted by Gasteiger charge is -2.28. The fourth-order valence-corrected chi connectivity index (χ4v) is 1.47. The zero-order chi connectivity index (χ0) is 12.1. The van der Waals surface area contributed by atoms with Crippen LogP contribution >= 0.6 is 0 Å². The fourth-order valence-electron chi connectivity index (χ4n) is 1.47. The van der Waals surface area contributed by atoms with Crippen molar-refractivity contribution in [2.45, 2.75) is 32.9 Å². The van der Waals surface area contributed by atoms with E-state index in [1.165, 1.54) is 12.1 Å². The second-order valence-electron chi connectivity index (χ2n) is 4.50. The van der Waals surface area contributed by atoms with Crippen LogP contribution in [0.15, 0.2) is 24.3 Å². The first-order valence-electron chi connectivity index (χ1n) is 5.72. The van der Waals surface area contributed by atoms with Crippen molar-refractivity contribution >= 4 is 5.69 Å². The van der Waals surface area contributed by atoms with E-state index in [9.17, 15) is 4.39 Å². The zero-order valence-electron chi connectivity index (χ0n) is 10.5. The number of nitrogens with one attached hydrogen (secondary N) is 1. The summed E-state index contributed by atoms with van der Waals surface area (Å²) in [4.78, 5) is 2.15. The van der Waals surface area contributed by atoms with E-state index in [2.05, 4.69) is 31.0 Å². The molecule has 0 aromatic heterocycles. The number of rotatable bonds is 5. The van der Waals surface area contributed by atoms with Gasteiger partial charge in [0.1, 0.15) is 5.82 Å². The average molecular weight is 224 g/mol. The second kappa shape index (κ2) is 5.85. The van der Waals surface area contributed by atoms with Crippen LogP contribution in [-0.2, 0) is 0 Å². The summed E-state index contributed by atoms with van der Waals surface area (Å²) in [7, 11) is 2.03. The standard InChI is InChI=1S/C13H21FN2/c1-10(2)15-9-11(3)16(4)13-7-5-12(14)6-8-13/h5-8,10-11,15H,9H2,1-4H3. The van der Waals surface area contributed by atoms with Crippen molar-refractivity contribution in [1.29, 1.82) is 0 Å². The third kappa shape index (κ3) is 3.81. The first kappa shape index (κ1) is 13.0. The van der Waals surface area contributed by atoms with E-state index in [4.69, 9.17) is 0 Å². The van der Waals surface area contributed by atoms with E-state index in [0.29, 0.717) is 12.1 Å². The molecule has 90 valence electrons. The van der Waals surface area contributed by atoms with Gasteiger partial charge in [0.05, 0.1) is 0 Å². The lowest BCUT2D eigenvalue weighted by atomic mass is 10.2. The SMILES string of the molecule is CC(C)NCC(C)N(C)c1ccc(F)cc1. The largest absolute Gasteiger partial charge is 0.371 e. The van der Waals surface area contributed by atoms with Crippen molar-refractivity contribution in [2.75, 3.05) is 18.5 Å². The van der Waals surface area contributed by atoms with Crippen molar-refractivity contribution in [3.8, 4) is 0 Å². The van der Waals surface area contributed by atoms with Gasteiger partial charge in [0.2, 0.25) is 0 Å². The minimum atomic E-state index is -0.190. The molecule has 0 aliphatic heterocycles. The summed E-state index contributed by atoms with van der Waals surface area (Å²) in [6.07, 6.45) is 0. The molecule has 1 rings (SSSR count). The van der Waals surface area contributed by atoms with Crippen molar-refractivity contribution < 1.29 is 4.39 Å². The molecule has 0 radical (unpaired) electrons. The summed E-state index contributed by atoms with van der Waals surface area (Å²) < 4.78 is 12.8. The predicted octanol–water partition coefficient (Wildman–Crippen LogP) is 2.65. The topological polar surface area (TPSA) is 15.3 Å². The van der Waals surface area contributed by atoms with Gasteiger partial charge in [0.15, 0.2) is 0 Å². The van der Waals surface area contributed by atoms with E-state index in [1.54, 1.807) is 12.1 Å². The van der Waals surface area contributed by atoms with Gasteiger partial charge in [-0.3, -0.25) is 0 Å². The molecule has 0 amide bonds. The van der Waals surface area contributed by atoms with Crippen LogP contribution in [0.25, 0.3) is 0 Å². The molecule has 0 saturated carbocycles. The summed E-state index contributed by atoms with van der Waals surface area (Å²) in [6.45, 7) is 7.33. The Balaban J connectivity index is 2.56. The number of nitrogens with zero attached hydrogens (tertiary/aromatic N) is 1. The van der Waals surface area contributed by atoms with Crippen molar-refractivity contribution in [3.63, 3.8) is 0 Å². The Morgan fingerprint density at radius 1 is 1.19 bits per heavy atom. The van der Waals surface area contributed by atoms with Crippen molar-refractivity contribution in [2.24, 2.45) is 0 Å². The third-order valence-electron chi connectivity index (χ3n) is 2.72. The van der Waals surface area contributed by atoms with Crippen LogP contribution in [0.5, 0.6) is 0 Å². The molecule has 1 atom stereocenters. The highest BCUT2D eigenvalue weighted by Crippen LogP contribution is 2.15. The highest BCUT2D eigenvalue weighted by atomic mass is 19.1. The first-order valence-corrected chi connectivity index (χ1v) is 5.72.